The molecular formula is C18H17N5O3. The van der Waals surface area contributed by atoms with Gasteiger partial charge in [0, 0.05) is 11.1 Å². The number of hydrogen-bond acceptors (Lipinski definition) is 4. The van der Waals surface area contributed by atoms with E-state index in [2.05, 4.69) is 4.99 Å². The first-order valence-electron chi connectivity index (χ1n) is 7.65. The maximum atomic E-state index is 11.5. The molecular weight excluding hydrogens is 334 g/mol. The summed E-state index contributed by atoms with van der Waals surface area (Å²) in [5.41, 5.74) is 17.9. The topological polar surface area (TPSA) is 165 Å². The highest BCUT2D eigenvalue weighted by Gasteiger charge is 2.19. The average Bonchev–Trinajstić information content (AvgIpc) is 3.03. The van der Waals surface area contributed by atoms with Gasteiger partial charge in [-0.15, -0.1) is 0 Å². The number of amidine groups is 1. The second-order valence-electron chi connectivity index (χ2n) is 5.69. The molecule has 8 heteroatoms. The van der Waals surface area contributed by atoms with Gasteiger partial charge in [-0.05, 0) is 34.5 Å². The molecule has 3 aromatic rings. The second-order valence-corrected chi connectivity index (χ2v) is 5.69. The van der Waals surface area contributed by atoms with E-state index in [9.17, 15) is 9.90 Å². The van der Waals surface area contributed by atoms with E-state index in [1.807, 2.05) is 18.2 Å². The summed E-state index contributed by atoms with van der Waals surface area (Å²) < 4.78 is 5.38. The first-order chi connectivity index (χ1) is 12.3. The zero-order valence-corrected chi connectivity index (χ0v) is 13.7. The van der Waals surface area contributed by atoms with Gasteiger partial charge in [0.15, 0.2) is 5.96 Å². The minimum atomic E-state index is -1.18. The van der Waals surface area contributed by atoms with E-state index >= 15 is 0 Å². The van der Waals surface area contributed by atoms with Crippen LogP contribution < -0.4 is 17.2 Å². The number of aromatic carboxylic acids is 1. The van der Waals surface area contributed by atoms with Crippen molar-refractivity contribution in [3.05, 3.63) is 59.5 Å². The molecule has 0 aliphatic carbocycles. The molecule has 0 bridgehead atoms. The summed E-state index contributed by atoms with van der Waals surface area (Å²) in [5, 5.41) is 18.7. The van der Waals surface area contributed by atoms with Crippen LogP contribution >= 0.6 is 0 Å². The summed E-state index contributed by atoms with van der Waals surface area (Å²) >= 11 is 0. The largest absolute Gasteiger partial charge is 0.475 e. The lowest BCUT2D eigenvalue weighted by atomic mass is 9.99. The van der Waals surface area contributed by atoms with E-state index in [1.54, 1.807) is 24.3 Å². The van der Waals surface area contributed by atoms with Gasteiger partial charge in [0.25, 0.3) is 0 Å². The zero-order chi connectivity index (χ0) is 18.8. The van der Waals surface area contributed by atoms with Gasteiger partial charge >= 0.3 is 5.97 Å². The van der Waals surface area contributed by atoms with Crippen molar-refractivity contribution in [2.24, 2.45) is 22.2 Å². The third-order valence-corrected chi connectivity index (χ3v) is 3.86. The molecule has 0 unspecified atom stereocenters. The Kier molecular flexibility index (Phi) is 4.32. The molecule has 1 aromatic heterocycles. The van der Waals surface area contributed by atoms with E-state index in [1.165, 1.54) is 0 Å². The van der Waals surface area contributed by atoms with Crippen LogP contribution in [0.3, 0.4) is 0 Å². The number of benzene rings is 2. The van der Waals surface area contributed by atoms with Crippen LogP contribution in [0.4, 0.5) is 0 Å². The van der Waals surface area contributed by atoms with Gasteiger partial charge in [-0.1, -0.05) is 24.3 Å². The monoisotopic (exact) mass is 351 g/mol. The number of nitrogen functional groups attached to an aromatic ring is 1. The molecule has 1 heterocycles. The fourth-order valence-corrected chi connectivity index (χ4v) is 2.64. The SMILES string of the molecule is N=C(N)c1ccc2cc(-c3cc(CN=C(N)N)oc3C(=O)O)ccc2c1. The molecule has 8 nitrogen and oxygen atoms in total. The Morgan fingerprint density at radius 2 is 1.77 bits per heavy atom. The Hall–Kier alpha value is -3.81. The third kappa shape index (κ3) is 3.34. The lowest BCUT2D eigenvalue weighted by Crippen LogP contribution is -2.22. The Balaban J connectivity index is 2.07. The molecule has 0 aliphatic heterocycles. The minimum Gasteiger partial charge on any atom is -0.475 e. The average molecular weight is 351 g/mol. The summed E-state index contributed by atoms with van der Waals surface area (Å²) in [6.45, 7) is 0.0537. The van der Waals surface area contributed by atoms with E-state index < -0.39 is 5.97 Å². The maximum absolute atomic E-state index is 11.5. The predicted octanol–water partition coefficient (Wildman–Crippen LogP) is 1.86. The molecule has 0 fully saturated rings. The van der Waals surface area contributed by atoms with Crippen molar-refractivity contribution in [2.45, 2.75) is 6.54 Å². The van der Waals surface area contributed by atoms with Crippen LogP contribution in [0.1, 0.15) is 21.9 Å². The first-order valence-corrected chi connectivity index (χ1v) is 7.65. The fourth-order valence-electron chi connectivity index (χ4n) is 2.64. The van der Waals surface area contributed by atoms with E-state index in [0.717, 1.165) is 10.8 Å². The number of nitrogens with two attached hydrogens (primary N) is 3. The van der Waals surface area contributed by atoms with Crippen LogP contribution in [-0.2, 0) is 6.54 Å². The molecule has 0 spiro atoms. The number of guanidine groups is 1. The Morgan fingerprint density at radius 3 is 2.42 bits per heavy atom. The molecule has 132 valence electrons. The molecule has 0 saturated carbocycles. The van der Waals surface area contributed by atoms with Crippen LogP contribution in [0.5, 0.6) is 0 Å². The van der Waals surface area contributed by atoms with Gasteiger partial charge in [0.1, 0.15) is 18.1 Å². The van der Waals surface area contributed by atoms with Crippen LogP contribution in [-0.4, -0.2) is 22.9 Å². The molecule has 0 amide bonds. The number of furan rings is 1. The van der Waals surface area contributed by atoms with Gasteiger partial charge in [0.05, 0.1) is 0 Å². The Bertz CT molecular complexity index is 1050. The molecule has 0 saturated heterocycles. The number of hydrogen-bond donors (Lipinski definition) is 5. The summed E-state index contributed by atoms with van der Waals surface area (Å²) in [6, 6.07) is 12.5. The number of carbonyl (C=O) groups is 1. The summed E-state index contributed by atoms with van der Waals surface area (Å²) in [7, 11) is 0. The number of nitrogens with one attached hydrogen (secondary N) is 1. The van der Waals surface area contributed by atoms with Crippen molar-refractivity contribution in [3.8, 4) is 11.1 Å². The van der Waals surface area contributed by atoms with Crippen molar-refractivity contribution < 1.29 is 14.3 Å². The van der Waals surface area contributed by atoms with Gasteiger partial charge < -0.3 is 26.7 Å². The van der Waals surface area contributed by atoms with Crippen LogP contribution in [0, 0.1) is 5.41 Å². The maximum Gasteiger partial charge on any atom is 0.372 e. The van der Waals surface area contributed by atoms with Crippen molar-refractivity contribution in [2.75, 3.05) is 0 Å². The molecule has 0 aliphatic rings. The lowest BCUT2D eigenvalue weighted by molar-refractivity contribution is 0.0661. The molecule has 2 aromatic carbocycles. The van der Waals surface area contributed by atoms with E-state index in [-0.39, 0.29) is 24.1 Å². The highest BCUT2D eigenvalue weighted by Crippen LogP contribution is 2.30. The molecule has 0 atom stereocenters. The van der Waals surface area contributed by atoms with Gasteiger partial charge in [-0.25, -0.2) is 9.79 Å². The highest BCUT2D eigenvalue weighted by molar-refractivity contribution is 6.00. The zero-order valence-electron chi connectivity index (χ0n) is 13.7. The van der Waals surface area contributed by atoms with Crippen molar-refractivity contribution >= 4 is 28.5 Å². The second kappa shape index (κ2) is 6.60. The number of fused-ring (bicyclic) bond motifs is 1. The standard InChI is InChI=1S/C18H17N5O3/c19-16(20)12-4-2-9-5-11(3-1-10(9)6-12)14-7-13(8-23-18(21)22)26-15(14)17(24)25/h1-7H,8H2,(H3,19,20)(H,24,25)(H4,21,22,23). The smallest absolute Gasteiger partial charge is 0.372 e. The van der Waals surface area contributed by atoms with E-state index in [4.69, 9.17) is 27.0 Å². The van der Waals surface area contributed by atoms with Crippen molar-refractivity contribution in [3.63, 3.8) is 0 Å². The third-order valence-electron chi connectivity index (χ3n) is 3.86. The highest BCUT2D eigenvalue weighted by atomic mass is 16.4. The summed E-state index contributed by atoms with van der Waals surface area (Å²) in [6.07, 6.45) is 0. The van der Waals surface area contributed by atoms with Crippen LogP contribution in [0.15, 0.2) is 51.9 Å². The fraction of sp³-hybridized carbons (Fsp3) is 0.0556. The number of nitrogens with zero attached hydrogens (tertiary/aromatic N) is 1. The number of aliphatic imine (C=N–C) groups is 1. The number of rotatable bonds is 5. The first kappa shape index (κ1) is 17.0. The lowest BCUT2D eigenvalue weighted by Gasteiger charge is -2.05. The van der Waals surface area contributed by atoms with E-state index in [0.29, 0.717) is 22.5 Å². The molecule has 8 N–H and O–H groups in total. The number of carboxylic acids is 1. The van der Waals surface area contributed by atoms with Gasteiger partial charge in [-0.3, -0.25) is 5.41 Å². The molecule has 26 heavy (non-hydrogen) atoms. The Morgan fingerprint density at radius 1 is 1.08 bits per heavy atom. The van der Waals surface area contributed by atoms with Crippen molar-refractivity contribution in [1.82, 2.24) is 0 Å². The normalized spacial score (nSPS) is 10.6. The number of carboxylic acid groups (broad SMARTS) is 1. The predicted molar refractivity (Wildman–Crippen MR) is 99.1 cm³/mol. The minimum absolute atomic E-state index is 0.0108. The van der Waals surface area contributed by atoms with Crippen LogP contribution in [0.2, 0.25) is 0 Å². The quantitative estimate of drug-likeness (QED) is 0.347. The van der Waals surface area contributed by atoms with Crippen molar-refractivity contribution in [1.29, 1.82) is 5.41 Å². The Labute approximate surface area is 148 Å². The van der Waals surface area contributed by atoms with Crippen LogP contribution in [0.25, 0.3) is 21.9 Å². The summed E-state index contributed by atoms with van der Waals surface area (Å²) in [5.74, 6) is -1.12. The van der Waals surface area contributed by atoms with Gasteiger partial charge in [-0.2, -0.15) is 0 Å². The summed E-state index contributed by atoms with van der Waals surface area (Å²) in [4.78, 5) is 15.3. The molecule has 0 radical (unpaired) electrons. The van der Waals surface area contributed by atoms with Gasteiger partial charge in [0.2, 0.25) is 5.76 Å². The molecule has 3 rings (SSSR count).